The predicted octanol–water partition coefficient (Wildman–Crippen LogP) is 2.46. The molecule has 2 aromatic rings. The normalized spacial score (nSPS) is 17.3. The minimum absolute atomic E-state index is 0.340. The molecule has 0 radical (unpaired) electrons. The predicted molar refractivity (Wildman–Crippen MR) is 75.5 cm³/mol. The lowest BCUT2D eigenvalue weighted by Crippen LogP contribution is -2.21. The molecular formula is C16H17NO4. The maximum Gasteiger partial charge on any atom is 0.306 e. The molecule has 1 aromatic heterocycles. The summed E-state index contributed by atoms with van der Waals surface area (Å²) in [6.45, 7) is 0. The van der Waals surface area contributed by atoms with Gasteiger partial charge < -0.3 is 14.3 Å². The van der Waals surface area contributed by atoms with Crippen LogP contribution in [0, 0.1) is 5.92 Å². The molecule has 1 heterocycles. The van der Waals surface area contributed by atoms with Crippen molar-refractivity contribution in [2.24, 2.45) is 5.92 Å². The highest BCUT2D eigenvalue weighted by molar-refractivity contribution is 5.70. The number of ether oxygens (including phenoxy) is 1. The van der Waals surface area contributed by atoms with Crippen LogP contribution in [0.4, 0.5) is 0 Å². The monoisotopic (exact) mass is 287 g/mol. The van der Waals surface area contributed by atoms with Crippen LogP contribution in [0.2, 0.25) is 0 Å². The second kappa shape index (κ2) is 5.60. The molecule has 0 amide bonds. The van der Waals surface area contributed by atoms with Gasteiger partial charge in [0.2, 0.25) is 0 Å². The Bertz CT molecular complexity index is 662. The maximum atomic E-state index is 11.1. The van der Waals surface area contributed by atoms with E-state index in [1.807, 2.05) is 24.3 Å². The summed E-state index contributed by atoms with van der Waals surface area (Å²) in [5.74, 6) is 1.18. The third kappa shape index (κ3) is 2.91. The number of aromatic nitrogens is 1. The highest BCUT2D eigenvalue weighted by atomic mass is 16.5. The van der Waals surface area contributed by atoms with E-state index in [4.69, 9.17) is 14.3 Å². The van der Waals surface area contributed by atoms with Gasteiger partial charge in [-0.1, -0.05) is 12.1 Å². The quantitative estimate of drug-likeness (QED) is 0.935. The number of oxazole rings is 1. The lowest BCUT2D eigenvalue weighted by molar-refractivity contribution is -0.142. The van der Waals surface area contributed by atoms with Crippen molar-refractivity contribution in [3.8, 4) is 5.75 Å². The Hall–Kier alpha value is -2.30. The molecular weight excluding hydrogens is 270 g/mol. The number of aliphatic carboxylic acids is 1. The van der Waals surface area contributed by atoms with Crippen LogP contribution < -0.4 is 4.74 Å². The first-order valence-corrected chi connectivity index (χ1v) is 6.99. The average molecular weight is 287 g/mol. The fourth-order valence-corrected chi connectivity index (χ4v) is 2.68. The number of hydrogen-bond acceptors (Lipinski definition) is 4. The average Bonchev–Trinajstić information content (AvgIpc) is 2.88. The maximum absolute atomic E-state index is 11.1. The van der Waals surface area contributed by atoms with E-state index in [0.29, 0.717) is 31.6 Å². The summed E-state index contributed by atoms with van der Waals surface area (Å²) in [6, 6.07) is 7.76. The zero-order chi connectivity index (χ0) is 14.8. The number of rotatable bonds is 4. The highest BCUT2D eigenvalue weighted by Gasteiger charge is 2.28. The van der Waals surface area contributed by atoms with E-state index < -0.39 is 5.97 Å². The SMILES string of the molecule is COc1cccc(Cc2nc3c(o2)CCC(C(=O)O)C3)c1. The standard InChI is InChI=1S/C16H17NO4/c1-20-12-4-2-3-10(7-12)8-15-17-13-9-11(16(18)19)5-6-14(13)21-15/h2-4,7,11H,5-6,8-9H2,1H3,(H,18,19). The van der Waals surface area contributed by atoms with Crippen molar-refractivity contribution in [1.29, 1.82) is 0 Å². The van der Waals surface area contributed by atoms with Gasteiger partial charge in [-0.15, -0.1) is 0 Å². The largest absolute Gasteiger partial charge is 0.497 e. The summed E-state index contributed by atoms with van der Waals surface area (Å²) in [5.41, 5.74) is 1.86. The molecule has 5 heteroatoms. The molecule has 1 atom stereocenters. The topological polar surface area (TPSA) is 72.6 Å². The van der Waals surface area contributed by atoms with Crippen molar-refractivity contribution in [1.82, 2.24) is 4.98 Å². The minimum Gasteiger partial charge on any atom is -0.497 e. The molecule has 1 aliphatic carbocycles. The number of methoxy groups -OCH3 is 1. The van der Waals surface area contributed by atoms with E-state index in [-0.39, 0.29) is 5.92 Å². The molecule has 0 spiro atoms. The fraction of sp³-hybridized carbons (Fsp3) is 0.375. The van der Waals surface area contributed by atoms with Crippen LogP contribution in [-0.4, -0.2) is 23.2 Å². The molecule has 1 N–H and O–H groups in total. The van der Waals surface area contributed by atoms with E-state index in [1.165, 1.54) is 0 Å². The number of aryl methyl sites for hydroxylation is 1. The van der Waals surface area contributed by atoms with Crippen molar-refractivity contribution in [2.45, 2.75) is 25.7 Å². The number of benzene rings is 1. The van der Waals surface area contributed by atoms with Crippen LogP contribution in [0.5, 0.6) is 5.75 Å². The van der Waals surface area contributed by atoms with E-state index >= 15 is 0 Å². The molecule has 0 saturated heterocycles. The molecule has 0 bridgehead atoms. The molecule has 1 aliphatic rings. The van der Waals surface area contributed by atoms with Gasteiger partial charge in [-0.05, 0) is 24.1 Å². The summed E-state index contributed by atoms with van der Waals surface area (Å²) < 4.78 is 11.0. The van der Waals surface area contributed by atoms with Crippen LogP contribution in [0.15, 0.2) is 28.7 Å². The fourth-order valence-electron chi connectivity index (χ4n) is 2.68. The number of carboxylic acids is 1. The summed E-state index contributed by atoms with van der Waals surface area (Å²) in [7, 11) is 1.63. The number of nitrogens with zero attached hydrogens (tertiary/aromatic N) is 1. The Balaban J connectivity index is 1.77. The first kappa shape index (κ1) is 13.7. The van der Waals surface area contributed by atoms with Crippen molar-refractivity contribution < 1.29 is 19.1 Å². The number of carboxylic acid groups (broad SMARTS) is 1. The van der Waals surface area contributed by atoms with Crippen LogP contribution in [-0.2, 0) is 24.1 Å². The lowest BCUT2D eigenvalue weighted by atomic mass is 9.90. The Morgan fingerprint density at radius 2 is 2.38 bits per heavy atom. The molecule has 5 nitrogen and oxygen atoms in total. The molecule has 0 fully saturated rings. The molecule has 1 unspecified atom stereocenters. The zero-order valence-electron chi connectivity index (χ0n) is 11.8. The van der Waals surface area contributed by atoms with Crippen LogP contribution >= 0.6 is 0 Å². The van der Waals surface area contributed by atoms with E-state index in [9.17, 15) is 4.79 Å². The second-order valence-corrected chi connectivity index (χ2v) is 5.28. The first-order valence-electron chi connectivity index (χ1n) is 6.99. The molecule has 3 rings (SSSR count). The van der Waals surface area contributed by atoms with Crippen molar-refractivity contribution >= 4 is 5.97 Å². The number of carbonyl (C=O) groups is 1. The van der Waals surface area contributed by atoms with Gasteiger partial charge in [-0.2, -0.15) is 0 Å². The Labute approximate surface area is 122 Å². The Morgan fingerprint density at radius 1 is 1.52 bits per heavy atom. The number of hydrogen-bond donors (Lipinski definition) is 1. The van der Waals surface area contributed by atoms with Crippen LogP contribution in [0.1, 0.15) is 29.3 Å². The van der Waals surface area contributed by atoms with Crippen molar-refractivity contribution in [3.05, 3.63) is 47.2 Å². The molecule has 1 aromatic carbocycles. The third-order valence-electron chi connectivity index (χ3n) is 3.82. The summed E-state index contributed by atoms with van der Waals surface area (Å²) in [6.07, 6.45) is 2.32. The van der Waals surface area contributed by atoms with Gasteiger partial charge in [0.1, 0.15) is 11.5 Å². The van der Waals surface area contributed by atoms with E-state index in [0.717, 1.165) is 22.8 Å². The smallest absolute Gasteiger partial charge is 0.306 e. The van der Waals surface area contributed by atoms with Gasteiger partial charge in [-0.25, -0.2) is 4.98 Å². The van der Waals surface area contributed by atoms with Gasteiger partial charge in [0.05, 0.1) is 18.7 Å². The van der Waals surface area contributed by atoms with Crippen LogP contribution in [0.3, 0.4) is 0 Å². The van der Waals surface area contributed by atoms with Gasteiger partial charge in [0, 0.05) is 19.3 Å². The summed E-state index contributed by atoms with van der Waals surface area (Å²) in [5, 5.41) is 9.09. The van der Waals surface area contributed by atoms with Crippen molar-refractivity contribution in [2.75, 3.05) is 7.11 Å². The first-order chi connectivity index (χ1) is 10.2. The van der Waals surface area contributed by atoms with Crippen LogP contribution in [0.25, 0.3) is 0 Å². The Kier molecular flexibility index (Phi) is 3.64. The zero-order valence-corrected chi connectivity index (χ0v) is 11.8. The molecule has 110 valence electrons. The molecule has 0 saturated carbocycles. The van der Waals surface area contributed by atoms with Gasteiger partial charge in [-0.3, -0.25) is 4.79 Å². The Morgan fingerprint density at radius 3 is 3.14 bits per heavy atom. The molecule has 0 aliphatic heterocycles. The van der Waals surface area contributed by atoms with Gasteiger partial charge in [0.15, 0.2) is 5.89 Å². The molecule has 21 heavy (non-hydrogen) atoms. The van der Waals surface area contributed by atoms with E-state index in [2.05, 4.69) is 4.98 Å². The summed E-state index contributed by atoms with van der Waals surface area (Å²) >= 11 is 0. The van der Waals surface area contributed by atoms with Gasteiger partial charge in [0.25, 0.3) is 0 Å². The second-order valence-electron chi connectivity index (χ2n) is 5.28. The lowest BCUT2D eigenvalue weighted by Gasteiger charge is -2.15. The minimum atomic E-state index is -0.752. The van der Waals surface area contributed by atoms with Gasteiger partial charge >= 0.3 is 5.97 Å². The number of fused-ring (bicyclic) bond motifs is 1. The summed E-state index contributed by atoms with van der Waals surface area (Å²) in [4.78, 5) is 15.5. The van der Waals surface area contributed by atoms with Crippen molar-refractivity contribution in [3.63, 3.8) is 0 Å². The third-order valence-corrected chi connectivity index (χ3v) is 3.82. The highest BCUT2D eigenvalue weighted by Crippen LogP contribution is 2.27. The van der Waals surface area contributed by atoms with E-state index in [1.54, 1.807) is 7.11 Å².